The molecule has 0 bridgehead atoms. The topological polar surface area (TPSA) is 25.6 Å². The van der Waals surface area contributed by atoms with Gasteiger partial charge in [0, 0.05) is 12.2 Å². The standard InChI is InChI=1S/C7H7N/c1-6-2-4-7(8)5-3-6/h2-5,8H,1H2/p+1. The predicted molar refractivity (Wildman–Crippen MR) is 34.4 cm³/mol. The molecule has 0 aromatic carbocycles. The average molecular weight is 106 g/mol. The van der Waals surface area contributed by atoms with Gasteiger partial charge in [0.1, 0.15) is 0 Å². The maximum absolute atomic E-state index is 5.40. The maximum Gasteiger partial charge on any atom is 0.196 e. The Kier molecular flexibility index (Phi) is 1.12. The molecule has 1 aliphatic rings. The van der Waals surface area contributed by atoms with Crippen LogP contribution in [0.2, 0.25) is 0 Å². The fraction of sp³-hybridized carbons (Fsp3) is 0. The summed E-state index contributed by atoms with van der Waals surface area (Å²) in [6.45, 7) is 3.71. The molecule has 2 N–H and O–H groups in total. The Balaban J connectivity index is 2.83. The monoisotopic (exact) mass is 106 g/mol. The van der Waals surface area contributed by atoms with Crippen molar-refractivity contribution in [3.05, 3.63) is 36.5 Å². The van der Waals surface area contributed by atoms with E-state index < -0.39 is 0 Å². The van der Waals surface area contributed by atoms with Crippen LogP contribution in [0.15, 0.2) is 36.5 Å². The van der Waals surface area contributed by atoms with E-state index in [0.717, 1.165) is 11.3 Å². The van der Waals surface area contributed by atoms with E-state index in [1.165, 1.54) is 0 Å². The van der Waals surface area contributed by atoms with Gasteiger partial charge >= 0.3 is 0 Å². The van der Waals surface area contributed by atoms with Crippen LogP contribution in [0.1, 0.15) is 0 Å². The lowest BCUT2D eigenvalue weighted by atomic mass is 10.1. The van der Waals surface area contributed by atoms with Crippen molar-refractivity contribution < 1.29 is 5.41 Å². The molecule has 0 unspecified atom stereocenters. The molecule has 0 amide bonds. The van der Waals surface area contributed by atoms with Crippen LogP contribution in [-0.4, -0.2) is 5.71 Å². The molecule has 1 heteroatoms. The molecule has 8 heavy (non-hydrogen) atoms. The third kappa shape index (κ3) is 0.936. The van der Waals surface area contributed by atoms with Crippen LogP contribution >= 0.6 is 0 Å². The van der Waals surface area contributed by atoms with Crippen molar-refractivity contribution in [2.75, 3.05) is 0 Å². The van der Waals surface area contributed by atoms with Gasteiger partial charge < -0.3 is 0 Å². The van der Waals surface area contributed by atoms with Crippen LogP contribution in [0.5, 0.6) is 0 Å². The van der Waals surface area contributed by atoms with E-state index in [4.69, 9.17) is 5.41 Å². The summed E-state index contributed by atoms with van der Waals surface area (Å²) in [5, 5.41) is 5.40. The lowest BCUT2D eigenvalue weighted by Crippen LogP contribution is -2.37. The summed E-state index contributed by atoms with van der Waals surface area (Å²) in [7, 11) is 0. The zero-order chi connectivity index (χ0) is 5.98. The zero-order valence-electron chi connectivity index (χ0n) is 4.59. The highest BCUT2D eigenvalue weighted by atomic mass is 14.4. The van der Waals surface area contributed by atoms with Gasteiger partial charge in [0.05, 0.1) is 0 Å². The molecule has 0 fully saturated rings. The van der Waals surface area contributed by atoms with Gasteiger partial charge in [-0.1, -0.05) is 6.58 Å². The van der Waals surface area contributed by atoms with Crippen molar-refractivity contribution in [3.63, 3.8) is 0 Å². The number of rotatable bonds is 0. The highest BCUT2D eigenvalue weighted by molar-refractivity contribution is 6.01. The maximum atomic E-state index is 5.40. The number of hydrogen-bond donors (Lipinski definition) is 1. The first-order chi connectivity index (χ1) is 3.79. The fourth-order valence-corrected chi connectivity index (χ4v) is 0.518. The summed E-state index contributed by atoms with van der Waals surface area (Å²) in [6, 6.07) is 0. The number of hydrogen-bond acceptors (Lipinski definition) is 0. The largest absolute Gasteiger partial charge is 0.254 e. The van der Waals surface area contributed by atoms with Gasteiger partial charge in [0.25, 0.3) is 0 Å². The van der Waals surface area contributed by atoms with Crippen LogP contribution in [0.25, 0.3) is 0 Å². The molecule has 0 heterocycles. The Morgan fingerprint density at radius 1 is 1.12 bits per heavy atom. The van der Waals surface area contributed by atoms with Crippen molar-refractivity contribution in [1.29, 1.82) is 0 Å². The summed E-state index contributed by atoms with van der Waals surface area (Å²) >= 11 is 0. The third-order valence-corrected chi connectivity index (χ3v) is 0.980. The van der Waals surface area contributed by atoms with Crippen LogP contribution in [0, 0.1) is 0 Å². The van der Waals surface area contributed by atoms with Crippen LogP contribution in [0.3, 0.4) is 0 Å². The van der Waals surface area contributed by atoms with E-state index in [0.29, 0.717) is 0 Å². The Morgan fingerprint density at radius 2 is 1.62 bits per heavy atom. The third-order valence-electron chi connectivity index (χ3n) is 0.980. The normalized spacial score (nSPS) is 17.5. The number of allylic oxidation sites excluding steroid dienone is 5. The molecule has 0 aromatic heterocycles. The van der Waals surface area contributed by atoms with Crippen molar-refractivity contribution in [1.82, 2.24) is 0 Å². The lowest BCUT2D eigenvalue weighted by Gasteiger charge is -1.91. The van der Waals surface area contributed by atoms with Crippen LogP contribution in [-0.2, 0) is 0 Å². The first-order valence-electron chi connectivity index (χ1n) is 2.46. The molecule has 1 rings (SSSR count). The van der Waals surface area contributed by atoms with Gasteiger partial charge in [0.2, 0.25) is 0 Å². The van der Waals surface area contributed by atoms with Crippen LogP contribution in [0.4, 0.5) is 0 Å². The first kappa shape index (κ1) is 5.04. The van der Waals surface area contributed by atoms with Gasteiger partial charge in [-0.15, -0.1) is 0 Å². The molecule has 0 radical (unpaired) electrons. The summed E-state index contributed by atoms with van der Waals surface area (Å²) in [5.74, 6) is 0. The van der Waals surface area contributed by atoms with E-state index in [9.17, 15) is 0 Å². The van der Waals surface area contributed by atoms with Gasteiger partial charge in [-0.3, -0.25) is 5.41 Å². The van der Waals surface area contributed by atoms with E-state index in [1.807, 2.05) is 24.3 Å². The molecule has 0 aromatic rings. The second-order valence-corrected chi connectivity index (χ2v) is 1.74. The van der Waals surface area contributed by atoms with E-state index in [1.54, 1.807) is 0 Å². The van der Waals surface area contributed by atoms with Crippen LogP contribution < -0.4 is 5.41 Å². The van der Waals surface area contributed by atoms with Crippen molar-refractivity contribution in [2.45, 2.75) is 0 Å². The second-order valence-electron chi connectivity index (χ2n) is 1.74. The minimum Gasteiger partial charge on any atom is -0.254 e. The molecule has 0 spiro atoms. The SMILES string of the molecule is C=C1C=CC(=[NH2+])C=C1. The lowest BCUT2D eigenvalue weighted by molar-refractivity contribution is -0.110. The quantitative estimate of drug-likeness (QED) is 0.445. The summed E-state index contributed by atoms with van der Waals surface area (Å²) in [4.78, 5) is 0. The Hall–Kier alpha value is -1.11. The van der Waals surface area contributed by atoms with Gasteiger partial charge in [-0.05, 0) is 17.7 Å². The molecule has 40 valence electrons. The van der Waals surface area contributed by atoms with Crippen molar-refractivity contribution >= 4 is 5.71 Å². The Bertz CT molecular complexity index is 147. The average Bonchev–Trinajstić information content (AvgIpc) is 1.77. The molecule has 0 aliphatic heterocycles. The highest BCUT2D eigenvalue weighted by Gasteiger charge is 1.94. The molecule has 1 aliphatic carbocycles. The van der Waals surface area contributed by atoms with Gasteiger partial charge in [0.15, 0.2) is 5.71 Å². The highest BCUT2D eigenvalue weighted by Crippen LogP contribution is 1.99. The number of nitrogens with two attached hydrogens (primary N) is 1. The fourth-order valence-electron chi connectivity index (χ4n) is 0.518. The van der Waals surface area contributed by atoms with Gasteiger partial charge in [-0.2, -0.15) is 0 Å². The zero-order valence-corrected chi connectivity index (χ0v) is 4.59. The predicted octanol–water partition coefficient (Wildman–Crippen LogP) is -0.131. The molecule has 0 saturated heterocycles. The van der Waals surface area contributed by atoms with Gasteiger partial charge in [-0.25, -0.2) is 0 Å². The summed E-state index contributed by atoms with van der Waals surface area (Å²) in [5.41, 5.74) is 1.79. The molecule has 0 atom stereocenters. The summed E-state index contributed by atoms with van der Waals surface area (Å²) < 4.78 is 0. The first-order valence-corrected chi connectivity index (χ1v) is 2.46. The van der Waals surface area contributed by atoms with Crippen molar-refractivity contribution in [2.24, 2.45) is 0 Å². The summed E-state index contributed by atoms with van der Waals surface area (Å²) in [6.07, 6.45) is 7.44. The van der Waals surface area contributed by atoms with E-state index in [2.05, 4.69) is 6.58 Å². The second kappa shape index (κ2) is 1.78. The molecule has 1 nitrogen and oxygen atoms in total. The smallest absolute Gasteiger partial charge is 0.196 e. The molecular formula is C7H8N+. The van der Waals surface area contributed by atoms with E-state index >= 15 is 0 Å². The minimum atomic E-state index is 0.789. The molecular weight excluding hydrogens is 98.1 g/mol. The van der Waals surface area contributed by atoms with E-state index in [-0.39, 0.29) is 0 Å². The Labute approximate surface area is 48.5 Å². The molecule has 0 saturated carbocycles. The van der Waals surface area contributed by atoms with Crippen molar-refractivity contribution in [3.8, 4) is 0 Å². The Morgan fingerprint density at radius 3 is 2.00 bits per heavy atom. The minimum absolute atomic E-state index is 0.789.